The number of aromatic amines is 1. The predicted octanol–water partition coefficient (Wildman–Crippen LogP) is 2.38. The lowest BCUT2D eigenvalue weighted by Gasteiger charge is -2.38. The Labute approximate surface area is 93.9 Å². The molecule has 1 aromatic heterocycles. The van der Waals surface area contributed by atoms with Crippen molar-refractivity contribution in [3.05, 3.63) is 35.5 Å². The van der Waals surface area contributed by atoms with Gasteiger partial charge in [0.05, 0.1) is 5.56 Å². The van der Waals surface area contributed by atoms with Gasteiger partial charge < -0.3 is 10.7 Å². The van der Waals surface area contributed by atoms with Crippen LogP contribution >= 0.6 is 0 Å². The number of fused-ring (bicyclic) bond motifs is 1. The number of H-pyrrole nitrogens is 1. The summed E-state index contributed by atoms with van der Waals surface area (Å²) in [6.45, 7) is 0. The Morgan fingerprint density at radius 3 is 2.81 bits per heavy atom. The van der Waals surface area contributed by atoms with Gasteiger partial charge in [0.2, 0.25) is 0 Å². The molecule has 1 saturated carbocycles. The second kappa shape index (κ2) is 3.10. The molecule has 0 saturated heterocycles. The van der Waals surface area contributed by atoms with Gasteiger partial charge in [-0.05, 0) is 30.9 Å². The number of hydrogen-bond acceptors (Lipinski definition) is 2. The van der Waals surface area contributed by atoms with E-state index in [1.165, 1.54) is 12.0 Å². The highest BCUT2D eigenvalue weighted by atomic mass is 14.8. The molecule has 80 valence electrons. The first kappa shape index (κ1) is 9.44. The van der Waals surface area contributed by atoms with Gasteiger partial charge >= 0.3 is 0 Å². The lowest BCUT2D eigenvalue weighted by Crippen LogP contribution is -2.43. The van der Waals surface area contributed by atoms with Crippen molar-refractivity contribution in [2.24, 2.45) is 5.73 Å². The van der Waals surface area contributed by atoms with E-state index >= 15 is 0 Å². The summed E-state index contributed by atoms with van der Waals surface area (Å²) in [6.07, 6.45) is 5.08. The van der Waals surface area contributed by atoms with Crippen molar-refractivity contribution in [2.75, 3.05) is 0 Å². The number of nitrogens with one attached hydrogen (secondary N) is 1. The molecule has 0 unspecified atom stereocenters. The van der Waals surface area contributed by atoms with Crippen molar-refractivity contribution in [3.63, 3.8) is 0 Å². The van der Waals surface area contributed by atoms with Crippen LogP contribution in [0.3, 0.4) is 0 Å². The molecule has 0 amide bonds. The molecule has 3 N–H and O–H groups in total. The van der Waals surface area contributed by atoms with Crippen LogP contribution in [0.15, 0.2) is 24.4 Å². The van der Waals surface area contributed by atoms with Crippen molar-refractivity contribution in [2.45, 2.75) is 24.8 Å². The van der Waals surface area contributed by atoms with E-state index in [1.807, 2.05) is 6.07 Å². The zero-order valence-electron chi connectivity index (χ0n) is 8.96. The topological polar surface area (TPSA) is 65.6 Å². The molecule has 16 heavy (non-hydrogen) atoms. The van der Waals surface area contributed by atoms with Crippen LogP contribution in [0, 0.1) is 11.3 Å². The van der Waals surface area contributed by atoms with E-state index in [9.17, 15) is 0 Å². The standard InChI is InChI=1S/C13H13N3/c14-7-9-8-16-12-6-10(2-3-11(9)12)13(15)4-1-5-13/h2-3,6,8,16H,1,4-5,15H2. The van der Waals surface area contributed by atoms with Crippen LogP contribution in [0.4, 0.5) is 0 Å². The second-order valence-corrected chi connectivity index (χ2v) is 4.58. The number of aromatic nitrogens is 1. The first-order valence-corrected chi connectivity index (χ1v) is 5.53. The van der Waals surface area contributed by atoms with Gasteiger partial charge in [0, 0.05) is 22.6 Å². The third-order valence-electron chi connectivity index (χ3n) is 3.62. The van der Waals surface area contributed by atoms with Gasteiger partial charge in [-0.3, -0.25) is 0 Å². The molecule has 0 bridgehead atoms. The Bertz CT molecular complexity index is 585. The van der Waals surface area contributed by atoms with Crippen molar-refractivity contribution < 1.29 is 0 Å². The summed E-state index contributed by atoms with van der Waals surface area (Å²) in [5, 5.41) is 9.90. The number of rotatable bonds is 1. The SMILES string of the molecule is N#Cc1c[nH]c2cc(C3(N)CCC3)ccc12. The van der Waals surface area contributed by atoms with Gasteiger partial charge in [0.25, 0.3) is 0 Å². The van der Waals surface area contributed by atoms with Gasteiger partial charge in [-0.2, -0.15) is 5.26 Å². The van der Waals surface area contributed by atoms with Crippen LogP contribution in [0.2, 0.25) is 0 Å². The Morgan fingerprint density at radius 2 is 2.19 bits per heavy atom. The van der Waals surface area contributed by atoms with E-state index in [0.29, 0.717) is 5.56 Å². The van der Waals surface area contributed by atoms with Gasteiger partial charge in [0.1, 0.15) is 6.07 Å². The Hall–Kier alpha value is -1.79. The molecule has 3 nitrogen and oxygen atoms in total. The summed E-state index contributed by atoms with van der Waals surface area (Å²) in [7, 11) is 0. The molecule has 0 radical (unpaired) electrons. The van der Waals surface area contributed by atoms with E-state index in [2.05, 4.69) is 23.2 Å². The van der Waals surface area contributed by atoms with Gasteiger partial charge in [-0.1, -0.05) is 12.1 Å². The lowest BCUT2D eigenvalue weighted by atomic mass is 9.72. The molecule has 1 aliphatic rings. The van der Waals surface area contributed by atoms with Gasteiger partial charge in [0.15, 0.2) is 0 Å². The zero-order valence-corrected chi connectivity index (χ0v) is 8.96. The number of hydrogen-bond donors (Lipinski definition) is 2. The highest BCUT2D eigenvalue weighted by molar-refractivity contribution is 5.86. The largest absolute Gasteiger partial charge is 0.360 e. The minimum atomic E-state index is -0.133. The predicted molar refractivity (Wildman–Crippen MR) is 62.7 cm³/mol. The number of benzene rings is 1. The average molecular weight is 211 g/mol. The van der Waals surface area contributed by atoms with E-state index < -0.39 is 0 Å². The summed E-state index contributed by atoms with van der Waals surface area (Å²) in [5.41, 5.74) is 9.02. The summed E-state index contributed by atoms with van der Waals surface area (Å²) < 4.78 is 0. The smallest absolute Gasteiger partial charge is 0.101 e. The summed E-state index contributed by atoms with van der Waals surface area (Å²) in [5.74, 6) is 0. The second-order valence-electron chi connectivity index (χ2n) is 4.58. The van der Waals surface area contributed by atoms with E-state index in [4.69, 9.17) is 11.0 Å². The maximum Gasteiger partial charge on any atom is 0.101 e. The molecule has 1 heterocycles. The number of nitriles is 1. The lowest BCUT2D eigenvalue weighted by molar-refractivity contribution is 0.254. The molecule has 1 fully saturated rings. The fourth-order valence-corrected chi connectivity index (χ4v) is 2.37. The van der Waals surface area contributed by atoms with Crippen LogP contribution in [-0.4, -0.2) is 4.98 Å². The van der Waals surface area contributed by atoms with E-state index in [0.717, 1.165) is 23.7 Å². The van der Waals surface area contributed by atoms with Crippen LogP contribution in [-0.2, 0) is 5.54 Å². The Kier molecular flexibility index (Phi) is 1.83. The number of nitrogens with two attached hydrogens (primary N) is 1. The molecule has 0 atom stereocenters. The molecule has 0 spiro atoms. The highest BCUT2D eigenvalue weighted by Crippen LogP contribution is 2.39. The molecular formula is C13H13N3. The monoisotopic (exact) mass is 211 g/mol. The zero-order chi connectivity index (χ0) is 11.2. The van der Waals surface area contributed by atoms with Crippen LogP contribution in [0.25, 0.3) is 10.9 Å². The van der Waals surface area contributed by atoms with E-state index in [1.54, 1.807) is 6.20 Å². The first-order valence-electron chi connectivity index (χ1n) is 5.53. The van der Waals surface area contributed by atoms with Gasteiger partial charge in [-0.15, -0.1) is 0 Å². The molecule has 1 aliphatic carbocycles. The fourth-order valence-electron chi connectivity index (χ4n) is 2.37. The Morgan fingerprint density at radius 1 is 1.38 bits per heavy atom. The van der Waals surface area contributed by atoms with Crippen molar-refractivity contribution in [1.29, 1.82) is 5.26 Å². The molecule has 1 aromatic carbocycles. The molecular weight excluding hydrogens is 198 g/mol. The van der Waals surface area contributed by atoms with E-state index in [-0.39, 0.29) is 5.54 Å². The maximum absolute atomic E-state index is 8.92. The third-order valence-corrected chi connectivity index (χ3v) is 3.62. The molecule has 3 heteroatoms. The average Bonchev–Trinajstić information content (AvgIpc) is 2.67. The molecule has 3 rings (SSSR count). The number of nitrogens with zero attached hydrogens (tertiary/aromatic N) is 1. The summed E-state index contributed by atoms with van der Waals surface area (Å²) in [4.78, 5) is 3.12. The normalized spacial score (nSPS) is 18.0. The quantitative estimate of drug-likeness (QED) is 0.760. The molecule has 0 aliphatic heterocycles. The van der Waals surface area contributed by atoms with Crippen LogP contribution in [0.1, 0.15) is 30.4 Å². The maximum atomic E-state index is 8.92. The van der Waals surface area contributed by atoms with Gasteiger partial charge in [-0.25, -0.2) is 0 Å². The minimum Gasteiger partial charge on any atom is -0.360 e. The summed E-state index contributed by atoms with van der Waals surface area (Å²) >= 11 is 0. The minimum absolute atomic E-state index is 0.133. The fraction of sp³-hybridized carbons (Fsp3) is 0.308. The van der Waals surface area contributed by atoms with Crippen molar-refractivity contribution >= 4 is 10.9 Å². The highest BCUT2D eigenvalue weighted by Gasteiger charge is 2.34. The van der Waals surface area contributed by atoms with Crippen molar-refractivity contribution in [1.82, 2.24) is 4.98 Å². The van der Waals surface area contributed by atoms with Crippen molar-refractivity contribution in [3.8, 4) is 6.07 Å². The summed E-state index contributed by atoms with van der Waals surface area (Å²) in [6, 6.07) is 8.30. The van der Waals surface area contributed by atoms with Crippen LogP contribution in [0.5, 0.6) is 0 Å². The first-order chi connectivity index (χ1) is 7.73. The third kappa shape index (κ3) is 1.17. The molecule has 2 aromatic rings. The Balaban J connectivity index is 2.14. The van der Waals surface area contributed by atoms with Crippen LogP contribution < -0.4 is 5.73 Å².